The molecule has 0 saturated heterocycles. The zero-order valence-electron chi connectivity index (χ0n) is 81.5. The molecule has 0 aliphatic rings. The van der Waals surface area contributed by atoms with E-state index in [2.05, 4.69) is 380 Å². The number of aromatic nitrogens is 12. The highest BCUT2D eigenvalue weighted by atomic mass is 15.2. The maximum Gasteiger partial charge on any atom is 0.350 e. The fourth-order valence-corrected chi connectivity index (χ4v) is 17.7. The van der Waals surface area contributed by atoms with Crippen LogP contribution >= 0.6 is 0 Å². The second-order valence-electron chi connectivity index (χ2n) is 35.3. The number of nitrogens with zero attached hydrogens (tertiary/aromatic N) is 20. The van der Waals surface area contributed by atoms with Gasteiger partial charge in [0.1, 0.15) is 47.5 Å². The number of pyridine rings is 4. The molecule has 18 rings (SSSR count). The number of imidazole rings is 2. The van der Waals surface area contributed by atoms with Gasteiger partial charge in [-0.1, -0.05) is 79.7 Å². The van der Waals surface area contributed by atoms with Gasteiger partial charge in [0.15, 0.2) is 0 Å². The highest BCUT2D eigenvalue weighted by Crippen LogP contribution is 2.32. The lowest BCUT2D eigenvalue weighted by Crippen LogP contribution is -2.38. The molecule has 10 aromatic heterocycles. The molecule has 4 N–H and O–H groups in total. The number of aryl methyl sites for hydroxylation is 16. The Kier molecular flexibility index (Phi) is 35.0. The average molecular weight is 1890 g/mol. The molecule has 0 bridgehead atoms. The van der Waals surface area contributed by atoms with Crippen molar-refractivity contribution < 1.29 is 27.4 Å². The van der Waals surface area contributed by atoms with E-state index in [1.165, 1.54) is 68.3 Å². The third-order valence-corrected chi connectivity index (χ3v) is 25.0. The van der Waals surface area contributed by atoms with Crippen molar-refractivity contribution in [1.29, 1.82) is 0 Å². The summed E-state index contributed by atoms with van der Waals surface area (Å²) >= 11 is 0. The molecule has 24 heteroatoms. The monoisotopic (exact) mass is 1890 g/mol. The van der Waals surface area contributed by atoms with E-state index in [1.807, 2.05) is 170 Å². The van der Waals surface area contributed by atoms with Crippen LogP contribution in [-0.4, -0.2) is 27.4 Å². The van der Waals surface area contributed by atoms with Gasteiger partial charge in [-0.15, -0.1) is 0 Å². The van der Waals surface area contributed by atoms with Crippen LogP contribution in [0.25, 0.3) is 22.7 Å². The van der Waals surface area contributed by atoms with Crippen molar-refractivity contribution >= 4 is 91.5 Å². The van der Waals surface area contributed by atoms with Crippen LogP contribution in [0.3, 0.4) is 0 Å². The minimum atomic E-state index is 0. The molecule has 0 radical (unpaired) electrons. The van der Waals surface area contributed by atoms with E-state index >= 15 is 0 Å². The molecular weight excluding hydrogens is 1750 g/mol. The Hall–Kier alpha value is -16.5. The Morgan fingerprint density at radius 1 is 0.239 bits per heavy atom. The molecule has 0 amide bonds. The van der Waals surface area contributed by atoms with Gasteiger partial charge in [-0.3, -0.25) is 0 Å². The van der Waals surface area contributed by atoms with Crippen molar-refractivity contribution in [3.05, 3.63) is 423 Å². The SMILES string of the molecule is C.C.CCCc1ccc(C)n1-c1ccc(Nc2ccc(N=Nc3cccc[n+]3CCCn3cc[n+](CCC[n+]4ccccc4N=Nc4ccc(Nc5ccc(-n6c(C)ccc6CCC)cc5)cc4)c3)cc2)cc1.CCc1ccc(C)n1-c1ccc(Nc2ccc(N=Nc3cccc[n+]3CCCn3cc[n+](CCC[n+]4ccccc4N=Nc4ccc(Nc5ccc(-n6c(C)ccc6CC)cc5)cc4)c3)cc2)cc1. The standard InChI is InChI=1S/C59H63N12.C57H59N12.2CH4/c1-5-13-54-31-17-46(3)70(54)56-33-27-50(28-34-56)60-48-19-23-52(24-20-48)62-64-58-15-7-9-39-68(58)41-11-37-66-43-44-67(45-66)38-12-42-69-40-10-8-16-59(69)65-63-53-25-21-49(22-26-53)61-51-29-35-57(36-30-51)71-47(4)18-32-55(71)14-6-2;1-5-52-29-15-44(3)68(52)54-31-25-48(26-32-54)58-46-17-21-50(22-18-46)60-62-56-13-7-9-37-66(56)39-11-35-64-41-42-65(43-64)36-12-40-67-38-10-8-14-57(67)63-61-51-23-19-47(20-24-51)59-49-27-33-55(34-28-49)69-45(4)16-30-53(69)6-2;;/h7-10,15-36,39-40,43-45H,5-6,11-14,37-38,41-42H2,1-4H3;7-10,13-34,37-38,41-43H,5-6,11-12,35-36,39-40H2,1-4H3;2*1H4/q2*+1;;/p+4. The highest BCUT2D eigenvalue weighted by Gasteiger charge is 2.20. The number of anilines is 8. The zero-order valence-corrected chi connectivity index (χ0v) is 81.5. The number of azo groups is 4. The predicted molar refractivity (Wildman–Crippen MR) is 572 cm³/mol. The first-order valence-corrected chi connectivity index (χ1v) is 49.1. The number of hydrogen-bond acceptors (Lipinski definition) is 12. The molecule has 142 heavy (non-hydrogen) atoms. The predicted octanol–water partition coefficient (Wildman–Crippen LogP) is 28.4. The Bertz CT molecular complexity index is 6750. The lowest BCUT2D eigenvalue weighted by molar-refractivity contribution is -0.721. The van der Waals surface area contributed by atoms with Gasteiger partial charge in [-0.25, -0.2) is 36.5 Å². The Balaban J connectivity index is 0.000000211. The third-order valence-electron chi connectivity index (χ3n) is 25.0. The molecule has 8 aromatic carbocycles. The van der Waals surface area contributed by atoms with E-state index in [4.69, 9.17) is 0 Å². The highest BCUT2D eigenvalue weighted by molar-refractivity contribution is 5.67. The maximum absolute atomic E-state index is 4.64. The van der Waals surface area contributed by atoms with Crippen molar-refractivity contribution in [2.75, 3.05) is 21.3 Å². The minimum Gasteiger partial charge on any atom is -0.356 e. The van der Waals surface area contributed by atoms with Crippen LogP contribution in [0.1, 0.15) is 127 Å². The van der Waals surface area contributed by atoms with Crippen molar-refractivity contribution in [2.45, 2.75) is 187 Å². The molecule has 0 aliphatic carbocycles. The summed E-state index contributed by atoms with van der Waals surface area (Å²) in [5, 5.41) is 50.9. The third kappa shape index (κ3) is 26.7. The summed E-state index contributed by atoms with van der Waals surface area (Å²) in [5.74, 6) is 3.28. The molecule has 0 atom stereocenters. The van der Waals surface area contributed by atoms with Crippen LogP contribution in [0.5, 0.6) is 0 Å². The lowest BCUT2D eigenvalue weighted by atomic mass is 10.2. The normalized spacial score (nSPS) is 11.4. The van der Waals surface area contributed by atoms with Crippen molar-refractivity contribution in [1.82, 2.24) is 27.4 Å². The van der Waals surface area contributed by atoms with Gasteiger partial charge >= 0.3 is 23.3 Å². The number of hydrogen-bond donors (Lipinski definition) is 4. The molecule has 0 saturated carbocycles. The first-order chi connectivity index (χ1) is 68.8. The largest absolute Gasteiger partial charge is 0.356 e. The Labute approximate surface area is 836 Å². The molecule has 0 spiro atoms. The van der Waals surface area contributed by atoms with Crippen LogP contribution in [-0.2, 0) is 78.0 Å². The molecule has 0 aliphatic heterocycles. The van der Waals surface area contributed by atoms with E-state index in [-0.39, 0.29) is 14.9 Å². The molecule has 24 nitrogen and oxygen atoms in total. The van der Waals surface area contributed by atoms with E-state index in [0.29, 0.717) is 0 Å². The first kappa shape index (κ1) is 100.0. The van der Waals surface area contributed by atoms with Gasteiger partial charge in [0.2, 0.25) is 12.7 Å². The van der Waals surface area contributed by atoms with Crippen molar-refractivity contribution in [3.63, 3.8) is 0 Å². The van der Waals surface area contributed by atoms with E-state index in [1.54, 1.807) is 0 Å². The van der Waals surface area contributed by atoms with Crippen molar-refractivity contribution in [2.24, 2.45) is 40.9 Å². The molecule has 0 unspecified atom stereocenters. The molecule has 10 heterocycles. The number of benzene rings is 8. The summed E-state index contributed by atoms with van der Waals surface area (Å²) in [7, 11) is 0. The summed E-state index contributed by atoms with van der Waals surface area (Å²) in [5.41, 5.74) is 26.3. The Morgan fingerprint density at radius 3 is 0.732 bits per heavy atom. The molecule has 18 aromatic rings. The van der Waals surface area contributed by atoms with Gasteiger partial charge in [-0.05, 0) is 341 Å². The fourth-order valence-electron chi connectivity index (χ4n) is 17.7. The quantitative estimate of drug-likeness (QED) is 0.0218. The fraction of sp³-hybridized carbons (Fsp3) is 0.237. The van der Waals surface area contributed by atoms with Gasteiger partial charge in [-0.2, -0.15) is 0 Å². The van der Waals surface area contributed by atoms with Crippen LogP contribution in [0.4, 0.5) is 91.5 Å². The number of nitrogens with one attached hydrogen (secondary N) is 4. The van der Waals surface area contributed by atoms with Crippen molar-refractivity contribution in [3.8, 4) is 22.7 Å². The summed E-state index contributed by atoms with van der Waals surface area (Å²) in [6.45, 7) is 24.3. The molecule has 0 fully saturated rings. The summed E-state index contributed by atoms with van der Waals surface area (Å²) < 4.78 is 26.9. The van der Waals surface area contributed by atoms with Crippen LogP contribution in [0, 0.1) is 27.7 Å². The van der Waals surface area contributed by atoms with Gasteiger partial charge < -0.3 is 39.5 Å². The molecule has 720 valence electrons. The second kappa shape index (κ2) is 49.7. The summed E-state index contributed by atoms with van der Waals surface area (Å²) in [6.07, 6.45) is 31.4. The van der Waals surface area contributed by atoms with Gasteiger partial charge in [0.05, 0.1) is 97.6 Å². The average Bonchev–Trinajstić information content (AvgIpc) is 1.67. The lowest BCUT2D eigenvalue weighted by Gasteiger charge is -2.13. The van der Waals surface area contributed by atoms with E-state index in [9.17, 15) is 0 Å². The summed E-state index contributed by atoms with van der Waals surface area (Å²) in [4.78, 5) is 0. The first-order valence-electron chi connectivity index (χ1n) is 49.1. The van der Waals surface area contributed by atoms with E-state index < -0.39 is 0 Å². The van der Waals surface area contributed by atoms with Crippen LogP contribution in [0.15, 0.2) is 419 Å². The zero-order chi connectivity index (χ0) is 96.1. The smallest absolute Gasteiger partial charge is 0.350 e. The topological polar surface area (TPSA) is 200 Å². The maximum atomic E-state index is 4.64. The van der Waals surface area contributed by atoms with Crippen LogP contribution in [0.2, 0.25) is 0 Å². The minimum absolute atomic E-state index is 0. The van der Waals surface area contributed by atoms with E-state index in [0.717, 1.165) is 208 Å². The number of rotatable bonds is 42. The Morgan fingerprint density at radius 2 is 0.479 bits per heavy atom. The van der Waals surface area contributed by atoms with Gasteiger partial charge in [0, 0.05) is 164 Å². The molecular formula is C118H134N24+6. The van der Waals surface area contributed by atoms with Gasteiger partial charge in [0.25, 0.3) is 0 Å². The second-order valence-corrected chi connectivity index (χ2v) is 35.3. The van der Waals surface area contributed by atoms with Crippen LogP contribution < -0.4 is 48.7 Å². The summed E-state index contributed by atoms with van der Waals surface area (Å²) in [6, 6.07) is 108.